The summed E-state index contributed by atoms with van der Waals surface area (Å²) >= 11 is 6.30. The van der Waals surface area contributed by atoms with E-state index >= 15 is 0 Å². The van der Waals surface area contributed by atoms with Crippen LogP contribution >= 0.6 is 11.6 Å². The molecule has 2 atom stereocenters. The van der Waals surface area contributed by atoms with Gasteiger partial charge < -0.3 is 10.5 Å². The van der Waals surface area contributed by atoms with Gasteiger partial charge in [0, 0.05) is 6.42 Å². The number of nitrogens with two attached hydrogens (primary N) is 1. The average molecular weight is 318 g/mol. The zero-order chi connectivity index (χ0) is 16.1. The third kappa shape index (κ3) is 4.25. The number of amides is 1. The van der Waals surface area contributed by atoms with Crippen LogP contribution < -0.4 is 10.5 Å². The molecule has 0 saturated carbocycles. The van der Waals surface area contributed by atoms with Crippen LogP contribution in [0.3, 0.4) is 0 Å². The Balaban J connectivity index is 2.11. The van der Waals surface area contributed by atoms with Gasteiger partial charge in [-0.3, -0.25) is 4.79 Å². The van der Waals surface area contributed by atoms with Crippen molar-refractivity contribution in [3.8, 4) is 5.75 Å². The number of halogens is 1. The third-order valence-electron chi connectivity index (χ3n) is 3.61. The van der Waals surface area contributed by atoms with Crippen LogP contribution in [0.25, 0.3) is 0 Å². The highest BCUT2D eigenvalue weighted by Crippen LogP contribution is 2.32. The second-order valence-corrected chi connectivity index (χ2v) is 5.84. The SMILES string of the molecule is CC(CC(N)=O)c1ccc(OC(C)c2ccccc2)c(Cl)c1. The van der Waals surface area contributed by atoms with Gasteiger partial charge in [0.05, 0.1) is 5.02 Å². The van der Waals surface area contributed by atoms with E-state index in [1.165, 1.54) is 0 Å². The average Bonchev–Trinajstić information content (AvgIpc) is 2.49. The van der Waals surface area contributed by atoms with Crippen molar-refractivity contribution in [3.05, 3.63) is 64.7 Å². The quantitative estimate of drug-likeness (QED) is 0.855. The van der Waals surface area contributed by atoms with E-state index in [1.54, 1.807) is 0 Å². The first kappa shape index (κ1) is 16.4. The second kappa shape index (κ2) is 7.32. The first-order valence-electron chi connectivity index (χ1n) is 7.26. The first-order valence-corrected chi connectivity index (χ1v) is 7.64. The van der Waals surface area contributed by atoms with Gasteiger partial charge in [0.1, 0.15) is 11.9 Å². The lowest BCUT2D eigenvalue weighted by Gasteiger charge is -2.17. The summed E-state index contributed by atoms with van der Waals surface area (Å²) in [7, 11) is 0. The van der Waals surface area contributed by atoms with Crippen LogP contribution in [0.4, 0.5) is 0 Å². The van der Waals surface area contributed by atoms with Crippen LogP contribution in [0.5, 0.6) is 5.75 Å². The maximum Gasteiger partial charge on any atom is 0.218 e. The molecule has 2 rings (SSSR count). The number of carbonyl (C=O) groups excluding carboxylic acids is 1. The van der Waals surface area contributed by atoms with E-state index < -0.39 is 0 Å². The van der Waals surface area contributed by atoms with Crippen LogP contribution in [0.2, 0.25) is 5.02 Å². The largest absolute Gasteiger partial charge is 0.484 e. The highest BCUT2D eigenvalue weighted by molar-refractivity contribution is 6.32. The molecule has 0 aliphatic rings. The van der Waals surface area contributed by atoms with E-state index in [1.807, 2.05) is 62.4 Å². The van der Waals surface area contributed by atoms with E-state index in [9.17, 15) is 4.79 Å². The maximum atomic E-state index is 11.0. The number of rotatable bonds is 6. The van der Waals surface area contributed by atoms with E-state index in [4.69, 9.17) is 22.1 Å². The molecule has 0 aliphatic heterocycles. The Morgan fingerprint density at radius 1 is 1.14 bits per heavy atom. The first-order chi connectivity index (χ1) is 10.5. The van der Waals surface area contributed by atoms with E-state index in [0.717, 1.165) is 11.1 Å². The minimum Gasteiger partial charge on any atom is -0.484 e. The Bertz CT molecular complexity index is 643. The van der Waals surface area contributed by atoms with Crippen molar-refractivity contribution in [1.29, 1.82) is 0 Å². The summed E-state index contributed by atoms with van der Waals surface area (Å²) in [6.07, 6.45) is 0.212. The second-order valence-electron chi connectivity index (χ2n) is 5.43. The fourth-order valence-corrected chi connectivity index (χ4v) is 2.55. The van der Waals surface area contributed by atoms with Gasteiger partial charge in [0.15, 0.2) is 0 Å². The van der Waals surface area contributed by atoms with Crippen molar-refractivity contribution in [2.45, 2.75) is 32.3 Å². The molecule has 2 N–H and O–H groups in total. The van der Waals surface area contributed by atoms with Crippen molar-refractivity contribution < 1.29 is 9.53 Å². The molecule has 1 amide bonds. The number of hydrogen-bond donors (Lipinski definition) is 1. The van der Waals surface area contributed by atoms with Gasteiger partial charge in [-0.15, -0.1) is 0 Å². The van der Waals surface area contributed by atoms with Gasteiger partial charge in [-0.1, -0.05) is 54.9 Å². The van der Waals surface area contributed by atoms with E-state index in [2.05, 4.69) is 0 Å². The number of primary amides is 1. The van der Waals surface area contributed by atoms with Crippen LogP contribution in [0.15, 0.2) is 48.5 Å². The topological polar surface area (TPSA) is 52.3 Å². The molecule has 22 heavy (non-hydrogen) atoms. The summed E-state index contributed by atoms with van der Waals surface area (Å²) in [5.41, 5.74) is 7.30. The highest BCUT2D eigenvalue weighted by atomic mass is 35.5. The molecule has 0 heterocycles. The van der Waals surface area contributed by atoms with E-state index in [0.29, 0.717) is 17.2 Å². The van der Waals surface area contributed by atoms with Gasteiger partial charge in [0.2, 0.25) is 5.91 Å². The Kier molecular flexibility index (Phi) is 5.45. The van der Waals surface area contributed by atoms with Gasteiger partial charge in [-0.05, 0) is 36.1 Å². The molecule has 4 heteroatoms. The molecule has 2 unspecified atom stereocenters. The molecule has 0 fully saturated rings. The molecule has 2 aromatic rings. The number of ether oxygens (including phenoxy) is 1. The molecular formula is C18H20ClNO2. The van der Waals surface area contributed by atoms with Gasteiger partial charge in [-0.25, -0.2) is 0 Å². The van der Waals surface area contributed by atoms with E-state index in [-0.39, 0.29) is 17.9 Å². The van der Waals surface area contributed by atoms with Crippen molar-refractivity contribution in [1.82, 2.24) is 0 Å². The molecule has 0 aromatic heterocycles. The summed E-state index contributed by atoms with van der Waals surface area (Å²) in [5, 5.41) is 0.539. The van der Waals surface area contributed by atoms with Crippen molar-refractivity contribution in [2.75, 3.05) is 0 Å². The molecule has 0 aliphatic carbocycles. The summed E-state index contributed by atoms with van der Waals surface area (Å²) in [6, 6.07) is 15.6. The Morgan fingerprint density at radius 2 is 1.82 bits per heavy atom. The zero-order valence-corrected chi connectivity index (χ0v) is 13.5. The van der Waals surface area contributed by atoms with Gasteiger partial charge in [0.25, 0.3) is 0 Å². The predicted molar refractivity (Wildman–Crippen MR) is 89.2 cm³/mol. The molecule has 116 valence electrons. The molecule has 0 bridgehead atoms. The maximum absolute atomic E-state index is 11.0. The lowest BCUT2D eigenvalue weighted by atomic mass is 9.97. The predicted octanol–water partition coefficient (Wildman–Crippen LogP) is 4.46. The third-order valence-corrected chi connectivity index (χ3v) is 3.90. The lowest BCUT2D eigenvalue weighted by Crippen LogP contribution is -2.13. The minimum atomic E-state index is -0.318. The molecule has 0 radical (unpaired) electrons. The monoisotopic (exact) mass is 317 g/mol. The molecule has 0 spiro atoms. The lowest BCUT2D eigenvalue weighted by molar-refractivity contribution is -0.118. The van der Waals surface area contributed by atoms with Gasteiger partial charge >= 0.3 is 0 Å². The van der Waals surface area contributed by atoms with Crippen LogP contribution in [0, 0.1) is 0 Å². The smallest absolute Gasteiger partial charge is 0.218 e. The number of carbonyl (C=O) groups is 1. The standard InChI is InChI=1S/C18H20ClNO2/c1-12(10-18(20)21)15-8-9-17(16(19)11-15)22-13(2)14-6-4-3-5-7-14/h3-9,11-13H,10H2,1-2H3,(H2,20,21). The summed E-state index contributed by atoms with van der Waals surface area (Å²) in [4.78, 5) is 11.0. The van der Waals surface area contributed by atoms with Crippen molar-refractivity contribution in [3.63, 3.8) is 0 Å². The number of benzene rings is 2. The fraction of sp³-hybridized carbons (Fsp3) is 0.278. The molecular weight excluding hydrogens is 298 g/mol. The summed E-state index contributed by atoms with van der Waals surface area (Å²) in [5.74, 6) is 0.352. The van der Waals surface area contributed by atoms with Crippen molar-refractivity contribution in [2.24, 2.45) is 5.73 Å². The van der Waals surface area contributed by atoms with Crippen molar-refractivity contribution >= 4 is 17.5 Å². The zero-order valence-electron chi connectivity index (χ0n) is 12.8. The normalized spacial score (nSPS) is 13.4. The minimum absolute atomic E-state index is 0.0376. The molecule has 3 nitrogen and oxygen atoms in total. The van der Waals surface area contributed by atoms with Crippen LogP contribution in [0.1, 0.15) is 43.4 Å². The van der Waals surface area contributed by atoms with Gasteiger partial charge in [-0.2, -0.15) is 0 Å². The molecule has 2 aromatic carbocycles. The fourth-order valence-electron chi connectivity index (χ4n) is 2.32. The number of hydrogen-bond acceptors (Lipinski definition) is 2. The Hall–Kier alpha value is -2.00. The Labute approximate surface area is 136 Å². The molecule has 0 saturated heterocycles. The Morgan fingerprint density at radius 3 is 2.41 bits per heavy atom. The van der Waals surface area contributed by atoms with Crippen LogP contribution in [-0.4, -0.2) is 5.91 Å². The summed E-state index contributed by atoms with van der Waals surface area (Å²) < 4.78 is 5.92. The van der Waals surface area contributed by atoms with Crippen LogP contribution in [-0.2, 0) is 4.79 Å². The highest BCUT2D eigenvalue weighted by Gasteiger charge is 2.13. The summed E-state index contributed by atoms with van der Waals surface area (Å²) in [6.45, 7) is 3.93.